The Morgan fingerprint density at radius 3 is 2.71 bits per heavy atom. The molecule has 2 aromatic carbocycles. The Morgan fingerprint density at radius 2 is 1.93 bits per heavy atom. The molecule has 1 aliphatic heterocycles. The molecule has 0 unspecified atom stereocenters. The fraction of sp³-hybridized carbons (Fsp3) is 0.286. The average Bonchev–Trinajstić information content (AvgIpc) is 3.09. The third-order valence-corrected chi connectivity index (χ3v) is 6.35. The van der Waals surface area contributed by atoms with Crippen LogP contribution in [0.25, 0.3) is 10.9 Å². The van der Waals surface area contributed by atoms with Crippen molar-refractivity contribution in [1.82, 2.24) is 9.88 Å². The molecule has 3 aromatic rings. The van der Waals surface area contributed by atoms with Crippen molar-refractivity contribution >= 4 is 62.8 Å². The fourth-order valence-corrected chi connectivity index (χ4v) is 4.34. The van der Waals surface area contributed by atoms with Crippen molar-refractivity contribution in [3.63, 3.8) is 0 Å². The first-order valence-corrected chi connectivity index (χ1v) is 10.5. The Balaban J connectivity index is 1.52. The highest BCUT2D eigenvalue weighted by molar-refractivity contribution is 7.80. The van der Waals surface area contributed by atoms with Gasteiger partial charge in [-0.3, -0.25) is 0 Å². The van der Waals surface area contributed by atoms with Gasteiger partial charge in [0.15, 0.2) is 5.11 Å². The van der Waals surface area contributed by atoms with Crippen molar-refractivity contribution < 1.29 is 0 Å². The number of aromatic nitrogens is 1. The topological polar surface area (TPSA) is 43.1 Å². The zero-order valence-corrected chi connectivity index (χ0v) is 17.9. The van der Waals surface area contributed by atoms with Crippen LogP contribution in [0.4, 0.5) is 11.4 Å². The Hall–Kier alpha value is -1.79. The summed E-state index contributed by atoms with van der Waals surface area (Å²) in [4.78, 5) is 5.80. The maximum atomic E-state index is 6.23. The molecule has 4 nitrogen and oxygen atoms in total. The van der Waals surface area contributed by atoms with Gasteiger partial charge in [0.2, 0.25) is 0 Å². The number of H-pyrrole nitrogens is 1. The summed E-state index contributed by atoms with van der Waals surface area (Å²) >= 11 is 17.8. The van der Waals surface area contributed by atoms with Crippen molar-refractivity contribution in [2.75, 3.05) is 30.8 Å². The second-order valence-corrected chi connectivity index (χ2v) is 8.46. The highest BCUT2D eigenvalue weighted by Gasteiger charge is 2.21. The van der Waals surface area contributed by atoms with E-state index in [1.807, 2.05) is 18.2 Å². The molecule has 28 heavy (non-hydrogen) atoms. The molecular formula is C21H22Cl2N4S. The first-order chi connectivity index (χ1) is 13.5. The smallest absolute Gasteiger partial charge is 0.175 e. The number of halogens is 2. The number of aromatic amines is 1. The molecule has 1 aliphatic rings. The number of thiocarbonyl (C=S) groups is 1. The molecule has 0 bridgehead atoms. The number of likely N-dealkylation sites (tertiary alicyclic amines) is 1. The van der Waals surface area contributed by atoms with Crippen LogP contribution < -0.4 is 10.6 Å². The van der Waals surface area contributed by atoms with Crippen LogP contribution in [-0.2, 0) is 0 Å². The van der Waals surface area contributed by atoms with E-state index in [1.54, 1.807) is 6.07 Å². The number of hydrogen-bond donors (Lipinski definition) is 3. The first-order valence-electron chi connectivity index (χ1n) is 9.33. The van der Waals surface area contributed by atoms with Gasteiger partial charge in [0, 0.05) is 22.8 Å². The standard InChI is InChI=1S/C21H22Cl2N4S/c1-27-9-7-13(8-10-27)16-12-24-18-6-5-14(11-15(16)18)25-21(28)26-19-4-2-3-17(22)20(19)23/h2-6,11-13,24H,7-10H2,1H3,(H2,25,26,28). The van der Waals surface area contributed by atoms with Crippen LogP contribution in [0.2, 0.25) is 10.0 Å². The molecule has 146 valence electrons. The second kappa shape index (κ2) is 8.29. The monoisotopic (exact) mass is 432 g/mol. The molecule has 0 atom stereocenters. The number of nitrogens with zero attached hydrogens (tertiary/aromatic N) is 1. The van der Waals surface area contributed by atoms with E-state index < -0.39 is 0 Å². The van der Waals surface area contributed by atoms with Gasteiger partial charge in [-0.1, -0.05) is 29.3 Å². The minimum absolute atomic E-state index is 0.457. The van der Waals surface area contributed by atoms with Crippen molar-refractivity contribution in [2.24, 2.45) is 0 Å². The van der Waals surface area contributed by atoms with Crippen molar-refractivity contribution in [2.45, 2.75) is 18.8 Å². The minimum Gasteiger partial charge on any atom is -0.361 e. The van der Waals surface area contributed by atoms with Gasteiger partial charge in [-0.25, -0.2) is 0 Å². The number of nitrogens with one attached hydrogen (secondary N) is 3. The normalized spacial score (nSPS) is 15.7. The first kappa shape index (κ1) is 19.5. The van der Waals surface area contributed by atoms with Gasteiger partial charge in [0.1, 0.15) is 0 Å². The lowest BCUT2D eigenvalue weighted by molar-refractivity contribution is 0.256. The van der Waals surface area contributed by atoms with Crippen LogP contribution in [0.5, 0.6) is 0 Å². The Kier molecular flexibility index (Phi) is 5.78. The van der Waals surface area contributed by atoms with Crippen molar-refractivity contribution in [1.29, 1.82) is 0 Å². The maximum Gasteiger partial charge on any atom is 0.175 e. The van der Waals surface area contributed by atoms with Gasteiger partial charge < -0.3 is 20.5 Å². The largest absolute Gasteiger partial charge is 0.361 e. The van der Waals surface area contributed by atoms with E-state index in [1.165, 1.54) is 23.8 Å². The molecule has 0 spiro atoms. The lowest BCUT2D eigenvalue weighted by Crippen LogP contribution is -2.29. The summed E-state index contributed by atoms with van der Waals surface area (Å²) in [6, 6.07) is 11.7. The van der Waals surface area contributed by atoms with Gasteiger partial charge in [-0.2, -0.15) is 0 Å². The zero-order chi connectivity index (χ0) is 19.7. The number of benzene rings is 2. The summed E-state index contributed by atoms with van der Waals surface area (Å²) in [5.41, 5.74) is 4.16. The molecule has 2 heterocycles. The van der Waals surface area contributed by atoms with Crippen LogP contribution >= 0.6 is 35.4 Å². The third-order valence-electron chi connectivity index (χ3n) is 5.33. The Morgan fingerprint density at radius 1 is 1.14 bits per heavy atom. The minimum atomic E-state index is 0.457. The van der Waals surface area contributed by atoms with Crippen molar-refractivity contribution in [3.8, 4) is 0 Å². The van der Waals surface area contributed by atoms with Crippen LogP contribution in [-0.4, -0.2) is 35.1 Å². The number of fused-ring (bicyclic) bond motifs is 1. The van der Waals surface area contributed by atoms with Gasteiger partial charge in [0.05, 0.1) is 15.7 Å². The number of hydrogen-bond acceptors (Lipinski definition) is 2. The molecule has 4 rings (SSSR count). The fourth-order valence-electron chi connectivity index (χ4n) is 3.76. The van der Waals surface area contributed by atoms with Crippen LogP contribution in [0.3, 0.4) is 0 Å². The third kappa shape index (κ3) is 4.13. The number of anilines is 2. The Labute approximate surface area is 180 Å². The molecule has 0 aliphatic carbocycles. The second-order valence-electron chi connectivity index (χ2n) is 7.26. The van der Waals surface area contributed by atoms with E-state index in [4.69, 9.17) is 35.4 Å². The summed E-state index contributed by atoms with van der Waals surface area (Å²) < 4.78 is 0. The summed E-state index contributed by atoms with van der Waals surface area (Å²) in [5, 5.41) is 9.04. The molecule has 1 saturated heterocycles. The van der Waals surface area contributed by atoms with Gasteiger partial charge >= 0.3 is 0 Å². The van der Waals surface area contributed by atoms with Crippen LogP contribution in [0.15, 0.2) is 42.6 Å². The van der Waals surface area contributed by atoms with E-state index in [2.05, 4.69) is 45.9 Å². The molecule has 7 heteroatoms. The van der Waals surface area contributed by atoms with E-state index in [9.17, 15) is 0 Å². The molecule has 1 aromatic heterocycles. The quantitative estimate of drug-likeness (QED) is 0.437. The average molecular weight is 433 g/mol. The predicted octanol–water partition coefficient (Wildman–Crippen LogP) is 6.09. The lowest BCUT2D eigenvalue weighted by atomic mass is 9.89. The summed E-state index contributed by atoms with van der Waals surface area (Å²) in [6.07, 6.45) is 4.54. The lowest BCUT2D eigenvalue weighted by Gasteiger charge is -2.28. The highest BCUT2D eigenvalue weighted by atomic mass is 35.5. The SMILES string of the molecule is CN1CCC(c2c[nH]c3ccc(NC(=S)Nc4cccc(Cl)c4Cl)cc23)CC1. The van der Waals surface area contributed by atoms with Gasteiger partial charge in [-0.15, -0.1) is 0 Å². The van der Waals surface area contributed by atoms with E-state index >= 15 is 0 Å². The maximum absolute atomic E-state index is 6.23. The summed E-state index contributed by atoms with van der Waals surface area (Å²) in [7, 11) is 2.19. The van der Waals surface area contributed by atoms with Gasteiger partial charge in [-0.05, 0) is 87.0 Å². The zero-order valence-electron chi connectivity index (χ0n) is 15.6. The molecule has 3 N–H and O–H groups in total. The predicted molar refractivity (Wildman–Crippen MR) is 124 cm³/mol. The number of piperidine rings is 1. The van der Waals surface area contributed by atoms with Crippen LogP contribution in [0, 0.1) is 0 Å². The molecule has 0 amide bonds. The highest BCUT2D eigenvalue weighted by Crippen LogP contribution is 2.34. The van der Waals surface area contributed by atoms with E-state index in [0.29, 0.717) is 26.8 Å². The molecule has 0 radical (unpaired) electrons. The number of rotatable bonds is 3. The molecule has 1 fully saturated rings. The van der Waals surface area contributed by atoms with Gasteiger partial charge in [0.25, 0.3) is 0 Å². The Bertz CT molecular complexity index is 1010. The van der Waals surface area contributed by atoms with E-state index in [0.717, 1.165) is 24.3 Å². The van der Waals surface area contributed by atoms with E-state index in [-0.39, 0.29) is 0 Å². The molecular weight excluding hydrogens is 411 g/mol. The molecule has 0 saturated carbocycles. The summed E-state index contributed by atoms with van der Waals surface area (Å²) in [6.45, 7) is 2.29. The summed E-state index contributed by atoms with van der Waals surface area (Å²) in [5.74, 6) is 0.593. The van der Waals surface area contributed by atoms with Crippen LogP contribution in [0.1, 0.15) is 24.3 Å². The van der Waals surface area contributed by atoms with Crippen molar-refractivity contribution in [3.05, 3.63) is 58.2 Å².